The van der Waals surface area contributed by atoms with Crippen molar-refractivity contribution in [2.75, 3.05) is 12.4 Å². The van der Waals surface area contributed by atoms with Gasteiger partial charge in [0.05, 0.1) is 7.11 Å². The number of H-pyrrole nitrogens is 1. The number of aromatic amines is 1. The Morgan fingerprint density at radius 3 is 2.71 bits per heavy atom. The van der Waals surface area contributed by atoms with Gasteiger partial charge in [-0.15, -0.1) is 24.8 Å². The maximum Gasteiger partial charge on any atom is 0.238 e. The summed E-state index contributed by atoms with van der Waals surface area (Å²) < 4.78 is 5.15. The predicted molar refractivity (Wildman–Crippen MR) is 115 cm³/mol. The number of nitrogens with zero attached hydrogens (tertiary/aromatic N) is 3. The van der Waals surface area contributed by atoms with Crippen molar-refractivity contribution in [2.24, 2.45) is 4.99 Å². The first-order chi connectivity index (χ1) is 12.7. The predicted octanol–water partition coefficient (Wildman–Crippen LogP) is 4.23. The second-order valence-electron chi connectivity index (χ2n) is 5.76. The molecule has 0 radical (unpaired) electrons. The van der Waals surface area contributed by atoms with Crippen LogP contribution in [0.15, 0.2) is 47.6 Å². The Labute approximate surface area is 174 Å². The number of benzene rings is 1. The zero-order valence-electron chi connectivity index (χ0n) is 14.9. The fourth-order valence-corrected chi connectivity index (χ4v) is 2.69. The van der Waals surface area contributed by atoms with Gasteiger partial charge >= 0.3 is 0 Å². The van der Waals surface area contributed by atoms with Crippen molar-refractivity contribution in [3.8, 4) is 11.6 Å². The molecule has 9 heteroatoms. The van der Waals surface area contributed by atoms with Crippen LogP contribution in [-0.4, -0.2) is 33.4 Å². The van der Waals surface area contributed by atoms with Gasteiger partial charge in [-0.3, -0.25) is 0 Å². The molecule has 0 spiro atoms. The van der Waals surface area contributed by atoms with Gasteiger partial charge in [0.2, 0.25) is 11.8 Å². The second-order valence-corrected chi connectivity index (χ2v) is 5.76. The van der Waals surface area contributed by atoms with Crippen molar-refractivity contribution in [3.05, 3.63) is 59.4 Å². The molecule has 0 amide bonds. The lowest BCUT2D eigenvalue weighted by Gasteiger charge is -2.04. The van der Waals surface area contributed by atoms with Gasteiger partial charge in [0.1, 0.15) is 11.4 Å². The number of hydrogen-bond donors (Lipinski definition) is 3. The van der Waals surface area contributed by atoms with Gasteiger partial charge in [-0.1, -0.05) is 12.1 Å². The van der Waals surface area contributed by atoms with E-state index < -0.39 is 0 Å². The van der Waals surface area contributed by atoms with E-state index in [1.165, 1.54) is 0 Å². The molecule has 1 aliphatic rings. The quantitative estimate of drug-likeness (QED) is 0.574. The average molecular weight is 420 g/mol. The number of pyridine rings is 1. The summed E-state index contributed by atoms with van der Waals surface area (Å²) in [7, 11) is 1.64. The minimum absolute atomic E-state index is 0. The van der Waals surface area contributed by atoms with Crippen LogP contribution in [0.4, 0.5) is 11.8 Å². The number of aromatic nitrogens is 3. The van der Waals surface area contributed by atoms with Gasteiger partial charge in [-0.25, -0.2) is 9.98 Å². The fraction of sp³-hybridized carbons (Fsp3) is 0.105. The van der Waals surface area contributed by atoms with Crippen molar-refractivity contribution < 1.29 is 9.84 Å². The van der Waals surface area contributed by atoms with Gasteiger partial charge in [0.15, 0.2) is 5.82 Å². The van der Waals surface area contributed by atoms with Crippen molar-refractivity contribution in [1.82, 2.24) is 15.0 Å². The Morgan fingerprint density at radius 1 is 1.18 bits per heavy atom. The molecule has 146 valence electrons. The minimum Gasteiger partial charge on any atom is -0.497 e. The monoisotopic (exact) mass is 419 g/mol. The molecule has 3 N–H and O–H groups in total. The highest BCUT2D eigenvalue weighted by molar-refractivity contribution is 6.20. The van der Waals surface area contributed by atoms with Crippen LogP contribution >= 0.6 is 24.8 Å². The standard InChI is InChI=1S/C19H17N5O2.2ClH/c1-26-14-6-4-12(5-7-14)10-22-19-23-16(18(25)24-19)9-13-11-21-17-15(13)3-2-8-20-17;;/h2-9,11,25H,10H2,1H3,(H2,22,23,24);2*1H/b13-9+;;. The van der Waals surface area contributed by atoms with Gasteiger partial charge in [0.25, 0.3) is 0 Å². The van der Waals surface area contributed by atoms with E-state index in [9.17, 15) is 5.11 Å². The van der Waals surface area contributed by atoms with E-state index in [1.807, 2.05) is 36.4 Å². The highest BCUT2D eigenvalue weighted by atomic mass is 35.5. The summed E-state index contributed by atoms with van der Waals surface area (Å²) in [5.74, 6) is 1.91. The summed E-state index contributed by atoms with van der Waals surface area (Å²) in [6.45, 7) is 0.571. The van der Waals surface area contributed by atoms with Gasteiger partial charge in [-0.05, 0) is 35.9 Å². The average Bonchev–Trinajstić information content (AvgIpc) is 3.24. The van der Waals surface area contributed by atoms with E-state index in [1.54, 1.807) is 25.6 Å². The number of rotatable bonds is 5. The lowest BCUT2D eigenvalue weighted by molar-refractivity contribution is 0.414. The summed E-state index contributed by atoms with van der Waals surface area (Å²) in [5, 5.41) is 13.3. The second kappa shape index (κ2) is 9.25. The van der Waals surface area contributed by atoms with Crippen molar-refractivity contribution >= 4 is 54.4 Å². The number of aromatic hydroxyl groups is 1. The third kappa shape index (κ3) is 4.44. The molecule has 0 saturated heterocycles. The first kappa shape index (κ1) is 21.3. The molecule has 3 heterocycles. The number of aliphatic imine (C=N–C) groups is 1. The topological polar surface area (TPSA) is 95.4 Å². The molecule has 3 aromatic rings. The lowest BCUT2D eigenvalue weighted by Crippen LogP contribution is -2.00. The number of imidazole rings is 1. The zero-order valence-corrected chi connectivity index (χ0v) is 16.5. The minimum atomic E-state index is -0.0690. The summed E-state index contributed by atoms with van der Waals surface area (Å²) in [4.78, 5) is 15.7. The zero-order chi connectivity index (χ0) is 17.9. The molecule has 0 fully saturated rings. The Hall–Kier alpha value is -3.03. The van der Waals surface area contributed by atoms with Crippen LogP contribution in [0.2, 0.25) is 0 Å². The van der Waals surface area contributed by atoms with E-state index in [0.717, 1.165) is 22.4 Å². The van der Waals surface area contributed by atoms with Crippen LogP contribution in [0.5, 0.6) is 11.6 Å². The van der Waals surface area contributed by atoms with Crippen LogP contribution in [0.3, 0.4) is 0 Å². The maximum atomic E-state index is 10.1. The maximum absolute atomic E-state index is 10.1. The van der Waals surface area contributed by atoms with E-state index >= 15 is 0 Å². The largest absolute Gasteiger partial charge is 0.497 e. The smallest absolute Gasteiger partial charge is 0.238 e. The number of anilines is 1. The Kier molecular flexibility index (Phi) is 7.03. The first-order valence-corrected chi connectivity index (χ1v) is 8.10. The summed E-state index contributed by atoms with van der Waals surface area (Å²) >= 11 is 0. The van der Waals surface area contributed by atoms with E-state index in [4.69, 9.17) is 4.74 Å². The number of methoxy groups -OCH3 is 1. The molecule has 0 atom stereocenters. The van der Waals surface area contributed by atoms with Gasteiger partial charge in [0, 0.05) is 30.1 Å². The molecule has 0 saturated carbocycles. The molecule has 1 aliphatic heterocycles. The highest BCUT2D eigenvalue weighted by Gasteiger charge is 2.14. The lowest BCUT2D eigenvalue weighted by atomic mass is 10.1. The van der Waals surface area contributed by atoms with Crippen LogP contribution in [0, 0.1) is 0 Å². The van der Waals surface area contributed by atoms with E-state index in [-0.39, 0.29) is 30.7 Å². The number of allylic oxidation sites excluding steroid dienone is 1. The normalized spacial score (nSPS) is 12.8. The SMILES string of the molecule is COc1ccc(CNc2nc(O)c(/C=C3\C=Nc4ncccc43)[nH]2)cc1.Cl.Cl. The summed E-state index contributed by atoms with van der Waals surface area (Å²) in [6, 6.07) is 11.5. The Bertz CT molecular complexity index is 1000. The third-order valence-electron chi connectivity index (χ3n) is 4.05. The third-order valence-corrected chi connectivity index (χ3v) is 4.05. The van der Waals surface area contributed by atoms with Crippen LogP contribution < -0.4 is 10.1 Å². The van der Waals surface area contributed by atoms with Crippen molar-refractivity contribution in [3.63, 3.8) is 0 Å². The van der Waals surface area contributed by atoms with Crippen LogP contribution in [-0.2, 0) is 6.54 Å². The number of ether oxygens (including phenoxy) is 1. The number of nitrogens with one attached hydrogen (secondary N) is 2. The number of fused-ring (bicyclic) bond motifs is 1. The molecular weight excluding hydrogens is 401 g/mol. The molecule has 0 unspecified atom stereocenters. The molecule has 7 nitrogen and oxygen atoms in total. The van der Waals surface area contributed by atoms with E-state index in [2.05, 4.69) is 25.3 Å². The van der Waals surface area contributed by atoms with Gasteiger partial charge in [-0.2, -0.15) is 4.98 Å². The first-order valence-electron chi connectivity index (χ1n) is 8.10. The van der Waals surface area contributed by atoms with Crippen molar-refractivity contribution in [2.45, 2.75) is 6.54 Å². The molecular formula is C19H19Cl2N5O2. The summed E-state index contributed by atoms with van der Waals surface area (Å²) in [6.07, 6.45) is 5.23. The van der Waals surface area contributed by atoms with Gasteiger partial charge < -0.3 is 20.1 Å². The number of hydrogen-bond acceptors (Lipinski definition) is 6. The Morgan fingerprint density at radius 2 is 1.96 bits per heavy atom. The molecule has 0 bridgehead atoms. The van der Waals surface area contributed by atoms with Crippen LogP contribution in [0.25, 0.3) is 11.6 Å². The number of halogens is 2. The van der Waals surface area contributed by atoms with Crippen LogP contribution in [0.1, 0.15) is 16.8 Å². The Balaban J connectivity index is 0.00000140. The highest BCUT2D eigenvalue weighted by Crippen LogP contribution is 2.31. The molecule has 2 aromatic heterocycles. The summed E-state index contributed by atoms with van der Waals surface area (Å²) in [5.41, 5.74) is 3.38. The fourth-order valence-electron chi connectivity index (χ4n) is 2.69. The molecule has 4 rings (SSSR count). The molecule has 28 heavy (non-hydrogen) atoms. The molecule has 1 aromatic carbocycles. The molecule has 0 aliphatic carbocycles. The van der Waals surface area contributed by atoms with E-state index in [0.29, 0.717) is 24.0 Å². The van der Waals surface area contributed by atoms with Crippen molar-refractivity contribution in [1.29, 1.82) is 0 Å².